The van der Waals surface area contributed by atoms with Gasteiger partial charge in [0, 0.05) is 13.6 Å². The van der Waals surface area contributed by atoms with Crippen LogP contribution in [-0.2, 0) is 23.6 Å². The Morgan fingerprint density at radius 1 is 1.62 bits per heavy atom. The van der Waals surface area contributed by atoms with Crippen molar-refractivity contribution >= 4 is 10.0 Å². The molecule has 0 radical (unpaired) electrons. The van der Waals surface area contributed by atoms with E-state index in [1.807, 2.05) is 0 Å². The van der Waals surface area contributed by atoms with E-state index < -0.39 is 15.3 Å². The molecule has 7 nitrogen and oxygen atoms in total. The van der Waals surface area contributed by atoms with E-state index in [9.17, 15) is 8.42 Å². The van der Waals surface area contributed by atoms with Crippen LogP contribution in [0.15, 0.2) is 6.33 Å². The van der Waals surface area contributed by atoms with Crippen molar-refractivity contribution < 1.29 is 8.42 Å². The quantitative estimate of drug-likeness (QED) is 0.669. The molecule has 0 amide bonds. The topological polar surface area (TPSA) is 103 Å². The summed E-state index contributed by atoms with van der Waals surface area (Å²) in [4.78, 5) is 3.92. The molecule has 0 aromatic carbocycles. The van der Waals surface area contributed by atoms with E-state index in [-0.39, 0.29) is 13.1 Å². The Balaban J connectivity index is 2.60. The summed E-state index contributed by atoms with van der Waals surface area (Å²) in [5.41, 5.74) is 5.39. The predicted octanol–water partition coefficient (Wildman–Crippen LogP) is -1.03. The van der Waals surface area contributed by atoms with Gasteiger partial charge in [0.25, 0.3) is 0 Å². The third kappa shape index (κ3) is 3.26. The summed E-state index contributed by atoms with van der Waals surface area (Å²) in [7, 11) is -1.65. The lowest BCUT2D eigenvalue weighted by atomic mass is 10.3. The maximum atomic E-state index is 11.7. The van der Waals surface area contributed by atoms with Crippen molar-refractivity contribution in [2.24, 2.45) is 12.8 Å². The minimum Gasteiger partial charge on any atom is -0.329 e. The fourth-order valence-corrected chi connectivity index (χ4v) is 2.52. The van der Waals surface area contributed by atoms with E-state index in [1.54, 1.807) is 14.0 Å². The summed E-state index contributed by atoms with van der Waals surface area (Å²) >= 11 is 0. The van der Waals surface area contributed by atoms with Gasteiger partial charge in [0.2, 0.25) is 10.0 Å². The number of hydrogen-bond acceptors (Lipinski definition) is 5. The third-order valence-corrected chi connectivity index (χ3v) is 4.19. The maximum absolute atomic E-state index is 11.7. The second-order valence-electron chi connectivity index (χ2n) is 3.47. The molecule has 92 valence electrons. The summed E-state index contributed by atoms with van der Waals surface area (Å²) in [6.45, 7) is 2.00. The molecule has 8 heteroatoms. The highest BCUT2D eigenvalue weighted by Crippen LogP contribution is 2.02. The molecular formula is C8H17N5O2S. The first-order valence-electron chi connectivity index (χ1n) is 5.02. The Morgan fingerprint density at radius 3 is 2.75 bits per heavy atom. The van der Waals surface area contributed by atoms with Crippen LogP contribution in [0.25, 0.3) is 0 Å². The number of aromatic nitrogens is 3. The zero-order chi connectivity index (χ0) is 12.2. The van der Waals surface area contributed by atoms with Crippen molar-refractivity contribution in [1.82, 2.24) is 19.5 Å². The standard InChI is InChI=1S/C8H17N5O2S/c1-3-7(4-9)16(14,15)11-5-8-10-6-13(2)12-8/h6-7,11H,3-5,9H2,1-2H3. The van der Waals surface area contributed by atoms with Crippen LogP contribution in [0.3, 0.4) is 0 Å². The molecule has 0 fully saturated rings. The van der Waals surface area contributed by atoms with Crippen LogP contribution in [0.1, 0.15) is 19.2 Å². The molecule has 0 spiro atoms. The Bertz CT molecular complexity index is 423. The average molecular weight is 247 g/mol. The number of nitrogens with zero attached hydrogens (tertiary/aromatic N) is 3. The molecule has 0 aliphatic carbocycles. The van der Waals surface area contributed by atoms with Crippen molar-refractivity contribution in [3.05, 3.63) is 12.2 Å². The molecule has 0 saturated heterocycles. The highest BCUT2D eigenvalue weighted by molar-refractivity contribution is 7.90. The van der Waals surface area contributed by atoms with Gasteiger partial charge in [0.15, 0.2) is 5.82 Å². The highest BCUT2D eigenvalue weighted by atomic mass is 32.2. The first-order chi connectivity index (χ1) is 7.49. The number of hydrogen-bond donors (Lipinski definition) is 2. The van der Waals surface area contributed by atoms with Gasteiger partial charge in [-0.3, -0.25) is 4.68 Å². The van der Waals surface area contributed by atoms with E-state index in [4.69, 9.17) is 5.73 Å². The van der Waals surface area contributed by atoms with Gasteiger partial charge in [0.05, 0.1) is 11.8 Å². The zero-order valence-electron chi connectivity index (χ0n) is 9.42. The lowest BCUT2D eigenvalue weighted by molar-refractivity contribution is 0.558. The average Bonchev–Trinajstić information content (AvgIpc) is 2.63. The Morgan fingerprint density at radius 2 is 2.31 bits per heavy atom. The first-order valence-corrected chi connectivity index (χ1v) is 6.57. The molecule has 1 heterocycles. The number of nitrogens with one attached hydrogen (secondary N) is 1. The van der Waals surface area contributed by atoms with Crippen LogP contribution in [0.5, 0.6) is 0 Å². The maximum Gasteiger partial charge on any atom is 0.216 e. The molecule has 1 aromatic heterocycles. The van der Waals surface area contributed by atoms with Crippen LogP contribution < -0.4 is 10.5 Å². The molecule has 16 heavy (non-hydrogen) atoms. The molecule has 1 unspecified atom stereocenters. The lowest BCUT2D eigenvalue weighted by Gasteiger charge is -2.13. The fraction of sp³-hybridized carbons (Fsp3) is 0.750. The van der Waals surface area contributed by atoms with Crippen molar-refractivity contribution in [1.29, 1.82) is 0 Å². The smallest absolute Gasteiger partial charge is 0.216 e. The van der Waals surface area contributed by atoms with Gasteiger partial charge in [-0.25, -0.2) is 18.1 Å². The van der Waals surface area contributed by atoms with E-state index in [0.29, 0.717) is 12.2 Å². The minimum absolute atomic E-state index is 0.0969. The Hall–Kier alpha value is -0.990. The number of nitrogens with two attached hydrogens (primary N) is 1. The molecule has 1 aromatic rings. The highest BCUT2D eigenvalue weighted by Gasteiger charge is 2.22. The lowest BCUT2D eigenvalue weighted by Crippen LogP contribution is -2.38. The number of rotatable bonds is 6. The summed E-state index contributed by atoms with van der Waals surface area (Å²) in [6, 6.07) is 0. The van der Waals surface area contributed by atoms with E-state index in [1.165, 1.54) is 11.0 Å². The van der Waals surface area contributed by atoms with Gasteiger partial charge in [-0.15, -0.1) is 0 Å². The van der Waals surface area contributed by atoms with Crippen LogP contribution in [0.4, 0.5) is 0 Å². The van der Waals surface area contributed by atoms with Crippen LogP contribution in [0.2, 0.25) is 0 Å². The largest absolute Gasteiger partial charge is 0.329 e. The van der Waals surface area contributed by atoms with Crippen molar-refractivity contribution in [2.75, 3.05) is 6.54 Å². The third-order valence-electron chi connectivity index (χ3n) is 2.24. The van der Waals surface area contributed by atoms with Crippen LogP contribution in [-0.4, -0.2) is 35.0 Å². The summed E-state index contributed by atoms with van der Waals surface area (Å²) in [6.07, 6.45) is 2.01. The van der Waals surface area contributed by atoms with Crippen LogP contribution >= 0.6 is 0 Å². The van der Waals surface area contributed by atoms with Gasteiger partial charge < -0.3 is 5.73 Å². The predicted molar refractivity (Wildman–Crippen MR) is 59.9 cm³/mol. The minimum atomic E-state index is -3.38. The number of aryl methyl sites for hydroxylation is 1. The molecule has 0 bridgehead atoms. The second kappa shape index (κ2) is 5.37. The summed E-state index contributed by atoms with van der Waals surface area (Å²) in [5.74, 6) is 0.443. The molecule has 1 atom stereocenters. The molecule has 1 rings (SSSR count). The summed E-state index contributed by atoms with van der Waals surface area (Å²) < 4.78 is 27.4. The van der Waals surface area contributed by atoms with Gasteiger partial charge in [-0.05, 0) is 6.42 Å². The van der Waals surface area contributed by atoms with Crippen molar-refractivity contribution in [2.45, 2.75) is 25.1 Å². The van der Waals surface area contributed by atoms with Crippen LogP contribution in [0, 0.1) is 0 Å². The molecule has 0 saturated carbocycles. The van der Waals surface area contributed by atoms with E-state index >= 15 is 0 Å². The van der Waals surface area contributed by atoms with E-state index in [0.717, 1.165) is 0 Å². The second-order valence-corrected chi connectivity index (χ2v) is 5.51. The van der Waals surface area contributed by atoms with Gasteiger partial charge in [-0.1, -0.05) is 6.92 Å². The van der Waals surface area contributed by atoms with Gasteiger partial charge >= 0.3 is 0 Å². The normalized spacial score (nSPS) is 13.9. The molecule has 0 aliphatic heterocycles. The van der Waals surface area contributed by atoms with Crippen molar-refractivity contribution in [3.63, 3.8) is 0 Å². The Labute approximate surface area is 95.1 Å². The molecule has 0 aliphatic rings. The Kier molecular flexibility index (Phi) is 4.39. The zero-order valence-corrected chi connectivity index (χ0v) is 10.2. The van der Waals surface area contributed by atoms with Gasteiger partial charge in [0.1, 0.15) is 6.33 Å². The fourth-order valence-electron chi connectivity index (χ4n) is 1.26. The van der Waals surface area contributed by atoms with Crippen molar-refractivity contribution in [3.8, 4) is 0 Å². The SMILES string of the molecule is CCC(CN)S(=O)(=O)NCc1ncn(C)n1. The van der Waals surface area contributed by atoms with E-state index in [2.05, 4.69) is 14.8 Å². The molecular weight excluding hydrogens is 230 g/mol. The van der Waals surface area contributed by atoms with Gasteiger partial charge in [-0.2, -0.15) is 5.10 Å². The monoisotopic (exact) mass is 247 g/mol. The first kappa shape index (κ1) is 13.1. The molecule has 3 N–H and O–H groups in total. The summed E-state index contributed by atoms with van der Waals surface area (Å²) in [5, 5.41) is 3.41. The number of sulfonamides is 1.